The lowest BCUT2D eigenvalue weighted by Crippen LogP contribution is -2.43. The topological polar surface area (TPSA) is 49.9 Å². The van der Waals surface area contributed by atoms with Gasteiger partial charge in [-0.15, -0.1) is 0 Å². The van der Waals surface area contributed by atoms with Crippen molar-refractivity contribution in [2.75, 3.05) is 27.2 Å². The maximum Gasteiger partial charge on any atom is 0.410 e. The molecule has 1 fully saturated rings. The summed E-state index contributed by atoms with van der Waals surface area (Å²) in [6, 6.07) is 0. The lowest BCUT2D eigenvalue weighted by atomic mass is 9.92. The van der Waals surface area contributed by atoms with E-state index in [-0.39, 0.29) is 17.8 Å². The van der Waals surface area contributed by atoms with Gasteiger partial charge < -0.3 is 14.5 Å². The summed E-state index contributed by atoms with van der Waals surface area (Å²) in [7, 11) is 3.75. The van der Waals surface area contributed by atoms with E-state index in [4.69, 9.17) is 4.74 Å². The molecule has 1 aliphatic heterocycles. The lowest BCUT2D eigenvalue weighted by Gasteiger charge is -2.32. The fraction of sp³-hybridized carbons (Fsp3) is 0.733. The summed E-state index contributed by atoms with van der Waals surface area (Å²) in [5.74, 6) is 0.0711. The van der Waals surface area contributed by atoms with E-state index in [9.17, 15) is 9.59 Å². The van der Waals surface area contributed by atoms with Gasteiger partial charge in [0.15, 0.2) is 5.78 Å². The summed E-state index contributed by atoms with van der Waals surface area (Å²) in [6.07, 6.45) is 2.82. The van der Waals surface area contributed by atoms with Gasteiger partial charge in [0.1, 0.15) is 5.60 Å². The normalized spacial score (nSPS) is 17.6. The Bertz CT molecular complexity index is 419. The summed E-state index contributed by atoms with van der Waals surface area (Å²) >= 11 is 3.33. The maximum absolute atomic E-state index is 12.3. The highest BCUT2D eigenvalue weighted by atomic mass is 79.9. The molecule has 6 heteroatoms. The molecule has 1 amide bonds. The molecule has 0 aliphatic carbocycles. The number of allylic oxidation sites excluding steroid dienone is 1. The number of likely N-dealkylation sites (tertiary alicyclic amines) is 1. The van der Waals surface area contributed by atoms with Gasteiger partial charge in [-0.3, -0.25) is 4.79 Å². The van der Waals surface area contributed by atoms with E-state index in [2.05, 4.69) is 15.9 Å². The van der Waals surface area contributed by atoms with Crippen LogP contribution in [0.4, 0.5) is 4.79 Å². The Morgan fingerprint density at radius 1 is 1.24 bits per heavy atom. The van der Waals surface area contributed by atoms with Gasteiger partial charge in [0.2, 0.25) is 0 Å². The molecule has 120 valence electrons. The van der Waals surface area contributed by atoms with Crippen LogP contribution in [0.3, 0.4) is 0 Å². The molecule has 0 spiro atoms. The molecule has 0 bridgehead atoms. The average Bonchev–Trinajstić information content (AvgIpc) is 2.35. The Labute approximate surface area is 135 Å². The first-order valence-electron chi connectivity index (χ1n) is 7.16. The van der Waals surface area contributed by atoms with Crippen molar-refractivity contribution >= 4 is 27.8 Å². The first-order chi connectivity index (χ1) is 9.60. The standard InChI is InChI=1S/C15H25BrN2O3/c1-15(2,3)21-14(20)18-8-6-11(7-9-18)13(19)12(16)10-17(4)5/h10-11H,6-9H2,1-5H3/b12-10-. The van der Waals surface area contributed by atoms with Gasteiger partial charge in [-0.25, -0.2) is 4.79 Å². The largest absolute Gasteiger partial charge is 0.444 e. The SMILES string of the molecule is CN(C)/C=C(\Br)C(=O)C1CCN(C(=O)OC(C)(C)C)CC1. The van der Waals surface area contributed by atoms with Gasteiger partial charge in [-0.1, -0.05) is 0 Å². The Morgan fingerprint density at radius 3 is 2.19 bits per heavy atom. The van der Waals surface area contributed by atoms with E-state index >= 15 is 0 Å². The number of amides is 1. The number of rotatable bonds is 3. The van der Waals surface area contributed by atoms with Crippen LogP contribution < -0.4 is 0 Å². The third kappa shape index (κ3) is 6.08. The van der Waals surface area contributed by atoms with Crippen LogP contribution >= 0.6 is 15.9 Å². The van der Waals surface area contributed by atoms with Crippen molar-refractivity contribution in [3.8, 4) is 0 Å². The second kappa shape index (κ2) is 7.29. The quantitative estimate of drug-likeness (QED) is 0.725. The van der Waals surface area contributed by atoms with Crippen molar-refractivity contribution in [3.05, 3.63) is 10.7 Å². The van der Waals surface area contributed by atoms with E-state index in [1.807, 2.05) is 39.8 Å². The second-order valence-corrected chi connectivity index (χ2v) is 7.40. The molecule has 1 aliphatic rings. The van der Waals surface area contributed by atoms with Gasteiger partial charge >= 0.3 is 6.09 Å². The zero-order valence-corrected chi connectivity index (χ0v) is 15.1. The maximum atomic E-state index is 12.3. The van der Waals surface area contributed by atoms with Crippen LogP contribution in [-0.4, -0.2) is 54.5 Å². The molecule has 0 aromatic rings. The van der Waals surface area contributed by atoms with E-state index < -0.39 is 5.60 Å². The molecule has 21 heavy (non-hydrogen) atoms. The minimum Gasteiger partial charge on any atom is -0.444 e. The van der Waals surface area contributed by atoms with E-state index in [1.54, 1.807) is 11.1 Å². The van der Waals surface area contributed by atoms with Gasteiger partial charge in [0.05, 0.1) is 4.48 Å². The van der Waals surface area contributed by atoms with Crippen LogP contribution in [-0.2, 0) is 9.53 Å². The number of Topliss-reactive ketones (excluding diaryl/α,β-unsaturated/α-hetero) is 1. The number of ketones is 1. The minimum absolute atomic E-state index is 0.0331. The summed E-state index contributed by atoms with van der Waals surface area (Å²) in [6.45, 7) is 6.68. The molecule has 0 aromatic heterocycles. The molecular formula is C15H25BrN2O3. The Kier molecular flexibility index (Phi) is 6.25. The van der Waals surface area contributed by atoms with Crippen molar-refractivity contribution < 1.29 is 14.3 Å². The molecule has 0 aromatic carbocycles. The van der Waals surface area contributed by atoms with Gasteiger partial charge in [-0.2, -0.15) is 0 Å². The monoisotopic (exact) mass is 360 g/mol. The minimum atomic E-state index is -0.485. The second-order valence-electron chi connectivity index (χ2n) is 6.55. The van der Waals surface area contributed by atoms with E-state index in [0.717, 1.165) is 0 Å². The van der Waals surface area contributed by atoms with Crippen LogP contribution in [0.1, 0.15) is 33.6 Å². The van der Waals surface area contributed by atoms with Crippen molar-refractivity contribution in [1.82, 2.24) is 9.80 Å². The molecule has 1 heterocycles. The van der Waals surface area contributed by atoms with Crippen LogP contribution in [0.5, 0.6) is 0 Å². The number of carbonyl (C=O) groups excluding carboxylic acids is 2. The molecule has 1 saturated heterocycles. The fourth-order valence-electron chi connectivity index (χ4n) is 2.14. The number of halogens is 1. The smallest absolute Gasteiger partial charge is 0.410 e. The number of carbonyl (C=O) groups is 2. The third-order valence-electron chi connectivity index (χ3n) is 3.12. The fourth-order valence-corrected chi connectivity index (χ4v) is 2.87. The van der Waals surface area contributed by atoms with Crippen LogP contribution in [0.2, 0.25) is 0 Å². The number of ether oxygens (including phenoxy) is 1. The molecule has 0 unspecified atom stereocenters. The van der Waals surface area contributed by atoms with Crippen molar-refractivity contribution in [2.24, 2.45) is 5.92 Å². The number of hydrogen-bond donors (Lipinski definition) is 0. The Hall–Kier alpha value is -1.04. The summed E-state index contributed by atoms with van der Waals surface area (Å²) < 4.78 is 5.93. The zero-order valence-electron chi connectivity index (χ0n) is 13.5. The van der Waals surface area contributed by atoms with Crippen molar-refractivity contribution in [2.45, 2.75) is 39.2 Å². The zero-order chi connectivity index (χ0) is 16.2. The van der Waals surface area contributed by atoms with Crippen LogP contribution in [0.25, 0.3) is 0 Å². The number of hydrogen-bond acceptors (Lipinski definition) is 4. The van der Waals surface area contributed by atoms with Crippen molar-refractivity contribution in [3.63, 3.8) is 0 Å². The first-order valence-corrected chi connectivity index (χ1v) is 7.95. The Morgan fingerprint density at radius 2 is 1.76 bits per heavy atom. The van der Waals surface area contributed by atoms with Crippen LogP contribution in [0, 0.1) is 5.92 Å². The highest BCUT2D eigenvalue weighted by Crippen LogP contribution is 2.24. The third-order valence-corrected chi connectivity index (χ3v) is 3.72. The van der Waals surface area contributed by atoms with Crippen LogP contribution in [0.15, 0.2) is 10.7 Å². The van der Waals surface area contributed by atoms with Gasteiger partial charge in [-0.05, 0) is 49.5 Å². The lowest BCUT2D eigenvalue weighted by molar-refractivity contribution is -0.119. The summed E-state index contributed by atoms with van der Waals surface area (Å²) in [5, 5.41) is 0. The molecule has 1 rings (SSSR count). The first kappa shape index (κ1) is 18.0. The molecule has 0 radical (unpaired) electrons. The highest BCUT2D eigenvalue weighted by Gasteiger charge is 2.30. The average molecular weight is 361 g/mol. The predicted molar refractivity (Wildman–Crippen MR) is 86.2 cm³/mol. The number of piperidine rings is 1. The molecule has 0 atom stereocenters. The predicted octanol–water partition coefficient (Wildman–Crippen LogP) is 3.00. The highest BCUT2D eigenvalue weighted by molar-refractivity contribution is 9.12. The van der Waals surface area contributed by atoms with Gasteiger partial charge in [0.25, 0.3) is 0 Å². The molecule has 0 saturated carbocycles. The van der Waals surface area contributed by atoms with E-state index in [1.165, 1.54) is 0 Å². The Balaban J connectivity index is 2.52. The summed E-state index contributed by atoms with van der Waals surface area (Å²) in [4.78, 5) is 27.7. The molecule has 0 N–H and O–H groups in total. The molecule has 5 nitrogen and oxygen atoms in total. The molecular weight excluding hydrogens is 336 g/mol. The van der Waals surface area contributed by atoms with Gasteiger partial charge in [0, 0.05) is 39.3 Å². The van der Waals surface area contributed by atoms with Crippen molar-refractivity contribution in [1.29, 1.82) is 0 Å². The summed E-state index contributed by atoms with van der Waals surface area (Å²) in [5.41, 5.74) is -0.485. The van der Waals surface area contributed by atoms with E-state index in [0.29, 0.717) is 30.4 Å². The number of nitrogens with zero attached hydrogens (tertiary/aromatic N) is 2.